The molecule has 1 unspecified atom stereocenters. The van der Waals surface area contributed by atoms with Crippen LogP contribution in [0.1, 0.15) is 36.5 Å². The van der Waals surface area contributed by atoms with E-state index in [0.717, 1.165) is 18.2 Å². The number of carboxylic acids is 1. The highest BCUT2D eigenvalue weighted by atomic mass is 19.4. The van der Waals surface area contributed by atoms with E-state index in [1.54, 1.807) is 0 Å². The van der Waals surface area contributed by atoms with Gasteiger partial charge in [-0.15, -0.1) is 0 Å². The minimum atomic E-state index is -4.89. The number of aromatic nitrogens is 2. The van der Waals surface area contributed by atoms with Gasteiger partial charge < -0.3 is 25.8 Å². The number of anilines is 2. The molecule has 0 bridgehead atoms. The van der Waals surface area contributed by atoms with Gasteiger partial charge in [0.2, 0.25) is 17.9 Å². The number of hydrogen-bond donors (Lipinski definition) is 3. The van der Waals surface area contributed by atoms with Gasteiger partial charge in [-0.25, -0.2) is 0 Å². The number of hydrogen-bond acceptors (Lipinski definition) is 7. The third kappa shape index (κ3) is 6.22. The quantitative estimate of drug-likeness (QED) is 0.322. The van der Waals surface area contributed by atoms with Gasteiger partial charge in [0.15, 0.2) is 0 Å². The Morgan fingerprint density at radius 2 is 1.71 bits per heavy atom. The molecule has 0 radical (unpaired) electrons. The SMILES string of the molecule is Nc1nc(OC(c2ccc(-c3ccccc3C(F)(F)F)cc2)C(F)(F)F)cc(N2CCC3(CC2)CN[C@H](C(=O)O)C3)n1. The van der Waals surface area contributed by atoms with Gasteiger partial charge in [-0.3, -0.25) is 4.79 Å². The van der Waals surface area contributed by atoms with Crippen LogP contribution in [0.5, 0.6) is 5.88 Å². The van der Waals surface area contributed by atoms with E-state index in [9.17, 15) is 36.2 Å². The van der Waals surface area contributed by atoms with Crippen LogP contribution in [0.15, 0.2) is 54.6 Å². The van der Waals surface area contributed by atoms with Crippen molar-refractivity contribution >= 4 is 17.7 Å². The number of rotatable bonds is 6. The van der Waals surface area contributed by atoms with Crippen molar-refractivity contribution in [1.29, 1.82) is 0 Å². The van der Waals surface area contributed by atoms with E-state index < -0.39 is 41.9 Å². The highest BCUT2D eigenvalue weighted by Gasteiger charge is 2.45. The highest BCUT2D eigenvalue weighted by molar-refractivity contribution is 5.74. The van der Waals surface area contributed by atoms with Crippen molar-refractivity contribution in [1.82, 2.24) is 15.3 Å². The average molecular weight is 596 g/mol. The van der Waals surface area contributed by atoms with Crippen molar-refractivity contribution in [3.05, 3.63) is 65.7 Å². The largest absolute Gasteiger partial charge is 0.480 e. The Balaban J connectivity index is 1.34. The second kappa shape index (κ2) is 11.0. The van der Waals surface area contributed by atoms with Gasteiger partial charge in [-0.2, -0.15) is 36.3 Å². The maximum atomic E-state index is 14.1. The van der Waals surface area contributed by atoms with Crippen LogP contribution < -0.4 is 20.7 Å². The molecule has 3 heterocycles. The number of aliphatic carboxylic acids is 1. The van der Waals surface area contributed by atoms with Crippen molar-refractivity contribution < 1.29 is 41.0 Å². The zero-order valence-electron chi connectivity index (χ0n) is 22.0. The molecule has 2 saturated heterocycles. The molecule has 1 spiro atoms. The van der Waals surface area contributed by atoms with Crippen LogP contribution in [0.25, 0.3) is 11.1 Å². The topological polar surface area (TPSA) is 114 Å². The molecule has 224 valence electrons. The number of carboxylic acid groups (broad SMARTS) is 1. The molecule has 14 heteroatoms. The maximum Gasteiger partial charge on any atom is 0.429 e. The fourth-order valence-corrected chi connectivity index (χ4v) is 5.60. The lowest BCUT2D eigenvalue weighted by atomic mass is 9.76. The number of carbonyl (C=O) groups is 1. The molecule has 0 saturated carbocycles. The zero-order valence-corrected chi connectivity index (χ0v) is 22.0. The first kappa shape index (κ1) is 29.4. The predicted molar refractivity (Wildman–Crippen MR) is 141 cm³/mol. The van der Waals surface area contributed by atoms with Crippen LogP contribution in [0.3, 0.4) is 0 Å². The van der Waals surface area contributed by atoms with E-state index >= 15 is 0 Å². The molecule has 1 aromatic heterocycles. The molecule has 5 rings (SSSR count). The summed E-state index contributed by atoms with van der Waals surface area (Å²) in [6, 6.07) is 9.93. The smallest absolute Gasteiger partial charge is 0.429 e. The van der Waals surface area contributed by atoms with E-state index in [4.69, 9.17) is 10.5 Å². The summed E-state index contributed by atoms with van der Waals surface area (Å²) in [5.74, 6) is -1.34. The number of nitrogen functional groups attached to an aromatic ring is 1. The second-order valence-corrected chi connectivity index (χ2v) is 10.6. The van der Waals surface area contributed by atoms with Crippen molar-refractivity contribution in [3.8, 4) is 17.0 Å². The summed E-state index contributed by atoms with van der Waals surface area (Å²) in [6.45, 7) is 1.52. The van der Waals surface area contributed by atoms with E-state index in [0.29, 0.717) is 38.9 Å². The number of nitrogens with two attached hydrogens (primary N) is 1. The molecule has 2 aliphatic heterocycles. The van der Waals surface area contributed by atoms with Crippen LogP contribution in [0.4, 0.5) is 38.1 Å². The Kier molecular flexibility index (Phi) is 7.68. The minimum absolute atomic E-state index is 0.0937. The average Bonchev–Trinajstić information content (AvgIpc) is 3.35. The zero-order chi connectivity index (χ0) is 30.3. The summed E-state index contributed by atoms with van der Waals surface area (Å²) in [5.41, 5.74) is 4.32. The summed E-state index contributed by atoms with van der Waals surface area (Å²) in [4.78, 5) is 21.2. The van der Waals surface area contributed by atoms with Crippen molar-refractivity contribution in [2.45, 2.75) is 43.8 Å². The lowest BCUT2D eigenvalue weighted by Crippen LogP contribution is -2.41. The molecule has 42 heavy (non-hydrogen) atoms. The standard InChI is InChI=1S/C28H27F6N5O3/c29-27(30,31)19-4-2-1-3-18(19)16-5-7-17(8-6-16)23(28(32,33)34)42-22-13-21(37-25(35)38-22)39-11-9-26(10-12-39)14-20(24(40)41)36-15-26/h1-8,13,20,23,36H,9-12,14-15H2,(H,40,41)(H2,35,37,38)/t20-,23?/m0/s1. The van der Waals surface area contributed by atoms with Crippen molar-refractivity contribution in [2.24, 2.45) is 5.41 Å². The Morgan fingerprint density at radius 1 is 1.05 bits per heavy atom. The van der Waals surface area contributed by atoms with Crippen molar-refractivity contribution in [3.63, 3.8) is 0 Å². The lowest BCUT2D eigenvalue weighted by Gasteiger charge is -2.39. The summed E-state index contributed by atoms with van der Waals surface area (Å²) < 4.78 is 88.1. The third-order valence-corrected chi connectivity index (χ3v) is 7.81. The molecule has 3 aromatic rings. The van der Waals surface area contributed by atoms with Gasteiger partial charge in [0.1, 0.15) is 11.9 Å². The summed E-state index contributed by atoms with van der Waals surface area (Å²) >= 11 is 0. The molecule has 0 aliphatic carbocycles. The van der Waals surface area contributed by atoms with Crippen LogP contribution in [-0.2, 0) is 11.0 Å². The molecular formula is C28H27F6N5O3. The number of halogens is 6. The molecule has 2 aromatic carbocycles. The third-order valence-electron chi connectivity index (χ3n) is 7.81. The highest BCUT2D eigenvalue weighted by Crippen LogP contribution is 2.42. The van der Waals surface area contributed by atoms with Gasteiger partial charge in [-0.1, -0.05) is 42.5 Å². The Hall–Kier alpha value is -4.07. The van der Waals surface area contributed by atoms with Gasteiger partial charge in [-0.05, 0) is 41.9 Å². The Labute approximate surface area is 236 Å². The second-order valence-electron chi connectivity index (χ2n) is 10.6. The summed E-state index contributed by atoms with van der Waals surface area (Å²) in [5, 5.41) is 12.3. The molecule has 2 fully saturated rings. The Bertz CT molecular complexity index is 1440. The first-order valence-electron chi connectivity index (χ1n) is 13.1. The van der Waals surface area contributed by atoms with Crippen LogP contribution in [0.2, 0.25) is 0 Å². The number of piperidine rings is 1. The number of ether oxygens (including phenoxy) is 1. The fraction of sp³-hybridized carbons (Fsp3) is 0.393. The van der Waals surface area contributed by atoms with Gasteiger partial charge in [0, 0.05) is 31.3 Å². The summed E-state index contributed by atoms with van der Waals surface area (Å²) in [7, 11) is 0. The fourth-order valence-electron chi connectivity index (χ4n) is 5.60. The first-order valence-corrected chi connectivity index (χ1v) is 13.1. The lowest BCUT2D eigenvalue weighted by molar-refractivity contribution is -0.198. The van der Waals surface area contributed by atoms with Crippen LogP contribution in [-0.4, -0.2) is 52.9 Å². The van der Waals surface area contributed by atoms with E-state index in [1.165, 1.54) is 36.4 Å². The molecular weight excluding hydrogens is 568 g/mol. The molecule has 2 atom stereocenters. The van der Waals surface area contributed by atoms with E-state index in [1.807, 2.05) is 4.90 Å². The van der Waals surface area contributed by atoms with Crippen LogP contribution >= 0.6 is 0 Å². The van der Waals surface area contributed by atoms with E-state index in [-0.39, 0.29) is 33.9 Å². The predicted octanol–water partition coefficient (Wildman–Crippen LogP) is 5.46. The summed E-state index contributed by atoms with van der Waals surface area (Å²) in [6.07, 6.45) is -10.2. The van der Waals surface area contributed by atoms with Gasteiger partial charge in [0.25, 0.3) is 0 Å². The molecule has 4 N–H and O–H groups in total. The first-order chi connectivity index (χ1) is 19.7. The monoisotopic (exact) mass is 595 g/mol. The Morgan fingerprint density at radius 3 is 2.31 bits per heavy atom. The van der Waals surface area contributed by atoms with Crippen LogP contribution in [0, 0.1) is 5.41 Å². The number of nitrogens with one attached hydrogen (secondary N) is 1. The molecule has 2 aliphatic rings. The normalized spacial score (nSPS) is 19.6. The maximum absolute atomic E-state index is 14.1. The number of nitrogens with zero attached hydrogens (tertiary/aromatic N) is 3. The van der Waals surface area contributed by atoms with Gasteiger partial charge >= 0.3 is 18.3 Å². The van der Waals surface area contributed by atoms with Gasteiger partial charge in [0.05, 0.1) is 5.56 Å². The molecule has 0 amide bonds. The number of alkyl halides is 6. The van der Waals surface area contributed by atoms with Crippen molar-refractivity contribution in [2.75, 3.05) is 30.3 Å². The van der Waals surface area contributed by atoms with E-state index in [2.05, 4.69) is 15.3 Å². The number of benzene rings is 2. The molecule has 8 nitrogen and oxygen atoms in total. The minimum Gasteiger partial charge on any atom is -0.480 e.